The lowest BCUT2D eigenvalue weighted by Crippen LogP contribution is -2.13. The number of nitriles is 1. The summed E-state index contributed by atoms with van der Waals surface area (Å²) in [6.45, 7) is 4.25. The van der Waals surface area contributed by atoms with E-state index >= 15 is 0 Å². The highest BCUT2D eigenvalue weighted by molar-refractivity contribution is 6.30. The number of halogens is 1. The summed E-state index contributed by atoms with van der Waals surface area (Å²) in [4.78, 5) is 0. The van der Waals surface area contributed by atoms with E-state index in [0.717, 1.165) is 5.69 Å². The fourth-order valence-electron chi connectivity index (χ4n) is 1.16. The molecule has 0 heterocycles. The van der Waals surface area contributed by atoms with Gasteiger partial charge in [-0.3, -0.25) is 0 Å². The van der Waals surface area contributed by atoms with Gasteiger partial charge in [0, 0.05) is 11.1 Å². The summed E-state index contributed by atoms with van der Waals surface area (Å²) in [5.41, 5.74) is 0.787. The van der Waals surface area contributed by atoms with Gasteiger partial charge in [-0.05, 0) is 26.0 Å². The van der Waals surface area contributed by atoms with Gasteiger partial charge in [0.1, 0.15) is 11.8 Å². The van der Waals surface area contributed by atoms with Crippen LogP contribution in [0.5, 0.6) is 5.75 Å². The first kappa shape index (κ1) is 11.7. The van der Waals surface area contributed by atoms with E-state index in [1.807, 2.05) is 6.92 Å². The van der Waals surface area contributed by atoms with Gasteiger partial charge in [0.05, 0.1) is 18.4 Å². The molecule has 1 aromatic rings. The summed E-state index contributed by atoms with van der Waals surface area (Å²) in [6, 6.07) is 7.14. The van der Waals surface area contributed by atoms with Gasteiger partial charge in [0.15, 0.2) is 0 Å². The molecule has 0 aliphatic carbocycles. The first-order chi connectivity index (χ1) is 7.17. The van der Waals surface area contributed by atoms with E-state index in [2.05, 4.69) is 11.4 Å². The van der Waals surface area contributed by atoms with Crippen molar-refractivity contribution in [2.45, 2.75) is 19.9 Å². The molecular formula is C11H13ClN2O. The highest BCUT2D eigenvalue weighted by Crippen LogP contribution is 2.28. The number of hydrogen-bond donors (Lipinski definition) is 1. The zero-order valence-electron chi connectivity index (χ0n) is 8.75. The number of nitrogens with zero attached hydrogens (tertiary/aromatic N) is 1. The van der Waals surface area contributed by atoms with Crippen molar-refractivity contribution in [1.82, 2.24) is 0 Å². The van der Waals surface area contributed by atoms with Gasteiger partial charge >= 0.3 is 0 Å². The maximum absolute atomic E-state index is 8.69. The Morgan fingerprint density at radius 1 is 1.60 bits per heavy atom. The number of rotatable bonds is 4. The molecule has 0 aliphatic rings. The zero-order valence-corrected chi connectivity index (χ0v) is 9.51. The maximum Gasteiger partial charge on any atom is 0.143 e. The van der Waals surface area contributed by atoms with Crippen molar-refractivity contribution in [2.75, 3.05) is 11.9 Å². The molecule has 0 fully saturated rings. The second-order valence-electron chi connectivity index (χ2n) is 3.07. The number of nitrogens with one attached hydrogen (secondary N) is 1. The van der Waals surface area contributed by atoms with Crippen molar-refractivity contribution in [3.05, 3.63) is 23.2 Å². The van der Waals surface area contributed by atoms with E-state index in [1.54, 1.807) is 25.1 Å². The number of benzene rings is 1. The minimum Gasteiger partial charge on any atom is -0.492 e. The second-order valence-corrected chi connectivity index (χ2v) is 3.51. The Labute approximate surface area is 94.6 Å². The number of ether oxygens (including phenoxy) is 1. The predicted octanol–water partition coefficient (Wildman–Crippen LogP) is 3.06. The van der Waals surface area contributed by atoms with Crippen molar-refractivity contribution in [3.8, 4) is 11.8 Å². The molecule has 0 saturated heterocycles. The molecule has 80 valence electrons. The van der Waals surface area contributed by atoms with E-state index in [0.29, 0.717) is 17.4 Å². The Morgan fingerprint density at radius 3 is 2.93 bits per heavy atom. The van der Waals surface area contributed by atoms with Crippen LogP contribution in [0.15, 0.2) is 18.2 Å². The Balaban J connectivity index is 2.91. The molecule has 4 heteroatoms. The van der Waals surface area contributed by atoms with E-state index in [9.17, 15) is 0 Å². The van der Waals surface area contributed by atoms with E-state index in [-0.39, 0.29) is 6.04 Å². The quantitative estimate of drug-likeness (QED) is 0.855. The monoisotopic (exact) mass is 224 g/mol. The lowest BCUT2D eigenvalue weighted by molar-refractivity contribution is 0.341. The highest BCUT2D eigenvalue weighted by atomic mass is 35.5. The molecule has 0 radical (unpaired) electrons. The maximum atomic E-state index is 8.69. The van der Waals surface area contributed by atoms with Crippen LogP contribution >= 0.6 is 11.6 Å². The minimum absolute atomic E-state index is 0.259. The first-order valence-electron chi connectivity index (χ1n) is 4.76. The van der Waals surface area contributed by atoms with Crippen LogP contribution in [0.2, 0.25) is 5.02 Å². The third-order valence-electron chi connectivity index (χ3n) is 1.81. The average molecular weight is 225 g/mol. The molecule has 1 aromatic carbocycles. The SMILES string of the molecule is CCOc1cc(Cl)ccc1NC(C)C#N. The molecular weight excluding hydrogens is 212 g/mol. The lowest BCUT2D eigenvalue weighted by Gasteiger charge is -2.13. The van der Waals surface area contributed by atoms with Gasteiger partial charge in [0.25, 0.3) is 0 Å². The fourth-order valence-corrected chi connectivity index (χ4v) is 1.32. The van der Waals surface area contributed by atoms with Crippen LogP contribution in [-0.4, -0.2) is 12.6 Å². The van der Waals surface area contributed by atoms with Crippen molar-refractivity contribution >= 4 is 17.3 Å². The Morgan fingerprint density at radius 2 is 2.33 bits per heavy atom. The summed E-state index contributed by atoms with van der Waals surface area (Å²) in [5, 5.41) is 12.3. The van der Waals surface area contributed by atoms with Crippen molar-refractivity contribution in [2.24, 2.45) is 0 Å². The van der Waals surface area contributed by atoms with Crippen LogP contribution in [0.1, 0.15) is 13.8 Å². The molecule has 0 aromatic heterocycles. The summed E-state index contributed by atoms with van der Waals surface area (Å²) in [5.74, 6) is 0.673. The zero-order chi connectivity index (χ0) is 11.3. The molecule has 0 amide bonds. The largest absolute Gasteiger partial charge is 0.492 e. The Hall–Kier alpha value is -1.40. The lowest BCUT2D eigenvalue weighted by atomic mass is 10.2. The van der Waals surface area contributed by atoms with Crippen molar-refractivity contribution in [1.29, 1.82) is 5.26 Å². The molecule has 3 nitrogen and oxygen atoms in total. The molecule has 15 heavy (non-hydrogen) atoms. The van der Waals surface area contributed by atoms with E-state index < -0.39 is 0 Å². The van der Waals surface area contributed by atoms with Gasteiger partial charge < -0.3 is 10.1 Å². The van der Waals surface area contributed by atoms with Crippen LogP contribution < -0.4 is 10.1 Å². The molecule has 1 N–H and O–H groups in total. The molecule has 1 rings (SSSR count). The predicted molar refractivity (Wildman–Crippen MR) is 61.3 cm³/mol. The van der Waals surface area contributed by atoms with Crippen LogP contribution in [0.25, 0.3) is 0 Å². The number of hydrogen-bond acceptors (Lipinski definition) is 3. The topological polar surface area (TPSA) is 45.0 Å². The molecule has 0 bridgehead atoms. The summed E-state index contributed by atoms with van der Waals surface area (Å²) in [7, 11) is 0. The fraction of sp³-hybridized carbons (Fsp3) is 0.364. The summed E-state index contributed by atoms with van der Waals surface area (Å²) >= 11 is 5.85. The Bertz CT molecular complexity index is 373. The highest BCUT2D eigenvalue weighted by Gasteiger charge is 2.06. The molecule has 1 atom stereocenters. The van der Waals surface area contributed by atoms with E-state index in [1.165, 1.54) is 0 Å². The normalized spacial score (nSPS) is 11.6. The van der Waals surface area contributed by atoms with Gasteiger partial charge in [-0.25, -0.2) is 0 Å². The molecule has 0 aliphatic heterocycles. The van der Waals surface area contributed by atoms with Gasteiger partial charge in [-0.1, -0.05) is 11.6 Å². The van der Waals surface area contributed by atoms with Crippen LogP contribution in [0, 0.1) is 11.3 Å². The molecule has 1 unspecified atom stereocenters. The third kappa shape index (κ3) is 3.34. The Kier molecular flexibility index (Phi) is 4.26. The van der Waals surface area contributed by atoms with Crippen molar-refractivity contribution in [3.63, 3.8) is 0 Å². The number of anilines is 1. The van der Waals surface area contributed by atoms with Crippen molar-refractivity contribution < 1.29 is 4.74 Å². The standard InChI is InChI=1S/C11H13ClN2O/c1-3-15-11-6-9(12)4-5-10(11)14-8(2)7-13/h4-6,8,14H,3H2,1-2H3. The van der Waals surface area contributed by atoms with Crippen LogP contribution in [0.3, 0.4) is 0 Å². The molecule has 0 saturated carbocycles. The smallest absolute Gasteiger partial charge is 0.143 e. The second kappa shape index (κ2) is 5.47. The summed E-state index contributed by atoms with van der Waals surface area (Å²) < 4.78 is 5.41. The van der Waals surface area contributed by atoms with Gasteiger partial charge in [-0.15, -0.1) is 0 Å². The first-order valence-corrected chi connectivity index (χ1v) is 5.13. The van der Waals surface area contributed by atoms with E-state index in [4.69, 9.17) is 21.6 Å². The van der Waals surface area contributed by atoms with Crippen LogP contribution in [0.4, 0.5) is 5.69 Å². The minimum atomic E-state index is -0.259. The third-order valence-corrected chi connectivity index (χ3v) is 2.04. The average Bonchev–Trinajstić information content (AvgIpc) is 2.22. The molecule has 0 spiro atoms. The van der Waals surface area contributed by atoms with Gasteiger partial charge in [-0.2, -0.15) is 5.26 Å². The van der Waals surface area contributed by atoms with Gasteiger partial charge in [0.2, 0.25) is 0 Å². The summed E-state index contributed by atoms with van der Waals surface area (Å²) in [6.07, 6.45) is 0. The van der Waals surface area contributed by atoms with Crippen LogP contribution in [-0.2, 0) is 0 Å².